The molecule has 3 rings (SSSR count). The van der Waals surface area contributed by atoms with Gasteiger partial charge in [-0.05, 0) is 62.7 Å². The van der Waals surface area contributed by atoms with Crippen molar-refractivity contribution in [1.82, 2.24) is 10.2 Å². The molecule has 1 aromatic carbocycles. The van der Waals surface area contributed by atoms with Gasteiger partial charge in [-0.1, -0.05) is 31.2 Å². The number of rotatable bonds is 4. The molecule has 0 bridgehead atoms. The minimum Gasteiger partial charge on any atom is -0.370 e. The van der Waals surface area contributed by atoms with Crippen molar-refractivity contribution in [3.8, 4) is 0 Å². The van der Waals surface area contributed by atoms with Gasteiger partial charge in [0.2, 0.25) is 5.91 Å². The summed E-state index contributed by atoms with van der Waals surface area (Å²) in [5.74, 6) is 1.35. The molecule has 1 N–H and O–H groups in total. The summed E-state index contributed by atoms with van der Waals surface area (Å²) in [4.78, 5) is 15.0. The van der Waals surface area contributed by atoms with E-state index in [9.17, 15) is 4.79 Å². The molecule has 4 heteroatoms. The third-order valence-corrected chi connectivity index (χ3v) is 5.93. The van der Waals surface area contributed by atoms with E-state index in [4.69, 9.17) is 4.74 Å². The maximum atomic E-state index is 13.0. The van der Waals surface area contributed by atoms with E-state index in [-0.39, 0.29) is 18.1 Å². The summed E-state index contributed by atoms with van der Waals surface area (Å²) in [6.45, 7) is 9.90. The largest absolute Gasteiger partial charge is 0.370 e. The van der Waals surface area contributed by atoms with Crippen LogP contribution in [0.2, 0.25) is 0 Å². The number of aryl methyl sites for hydroxylation is 1. The van der Waals surface area contributed by atoms with Crippen molar-refractivity contribution in [1.29, 1.82) is 0 Å². The lowest BCUT2D eigenvalue weighted by Crippen LogP contribution is -2.49. The van der Waals surface area contributed by atoms with Crippen LogP contribution in [0.3, 0.4) is 0 Å². The Morgan fingerprint density at radius 1 is 1.40 bits per heavy atom. The number of ether oxygens (including phenoxy) is 1. The summed E-state index contributed by atoms with van der Waals surface area (Å²) >= 11 is 0. The van der Waals surface area contributed by atoms with Crippen LogP contribution >= 0.6 is 0 Å². The van der Waals surface area contributed by atoms with Crippen LogP contribution < -0.4 is 5.32 Å². The van der Waals surface area contributed by atoms with Gasteiger partial charge in [0.15, 0.2) is 0 Å². The van der Waals surface area contributed by atoms with Crippen LogP contribution in [-0.2, 0) is 9.53 Å². The second-order valence-corrected chi connectivity index (χ2v) is 7.86. The van der Waals surface area contributed by atoms with E-state index >= 15 is 0 Å². The fourth-order valence-corrected chi connectivity index (χ4v) is 4.16. The maximum absolute atomic E-state index is 13.0. The average molecular weight is 344 g/mol. The fourth-order valence-electron chi connectivity index (χ4n) is 4.16. The fraction of sp³-hybridized carbons (Fsp3) is 0.667. The Balaban J connectivity index is 1.63. The molecule has 1 amide bonds. The van der Waals surface area contributed by atoms with E-state index in [1.165, 1.54) is 24.0 Å². The number of nitrogens with zero attached hydrogens (tertiary/aromatic N) is 1. The lowest BCUT2D eigenvalue weighted by atomic mass is 9.85. The average Bonchev–Trinajstić information content (AvgIpc) is 2.63. The van der Waals surface area contributed by atoms with Crippen LogP contribution in [0, 0.1) is 18.8 Å². The van der Waals surface area contributed by atoms with Crippen molar-refractivity contribution in [2.45, 2.75) is 52.2 Å². The first-order valence-electron chi connectivity index (χ1n) is 9.73. The Morgan fingerprint density at radius 2 is 2.20 bits per heavy atom. The Morgan fingerprint density at radius 3 is 2.92 bits per heavy atom. The number of carbonyl (C=O) groups excluding carboxylic acids is 1. The second kappa shape index (κ2) is 8.33. The zero-order valence-corrected chi connectivity index (χ0v) is 15.8. The van der Waals surface area contributed by atoms with E-state index in [0.29, 0.717) is 31.4 Å². The molecule has 0 saturated carbocycles. The van der Waals surface area contributed by atoms with Gasteiger partial charge in [-0.15, -0.1) is 0 Å². The lowest BCUT2D eigenvalue weighted by Gasteiger charge is -2.39. The molecule has 4 atom stereocenters. The molecule has 0 spiro atoms. The molecule has 25 heavy (non-hydrogen) atoms. The van der Waals surface area contributed by atoms with Gasteiger partial charge in [0.25, 0.3) is 0 Å². The first-order valence-corrected chi connectivity index (χ1v) is 9.73. The van der Waals surface area contributed by atoms with Crippen molar-refractivity contribution < 1.29 is 9.53 Å². The molecular formula is C21H32N2O2. The Hall–Kier alpha value is -1.39. The third-order valence-electron chi connectivity index (χ3n) is 5.93. The van der Waals surface area contributed by atoms with Crippen LogP contribution in [-0.4, -0.2) is 43.1 Å². The Kier molecular flexibility index (Phi) is 6.13. The summed E-state index contributed by atoms with van der Waals surface area (Å²) in [6, 6.07) is 8.49. The van der Waals surface area contributed by atoms with Crippen LogP contribution in [0.15, 0.2) is 24.3 Å². The zero-order chi connectivity index (χ0) is 17.8. The van der Waals surface area contributed by atoms with Crippen molar-refractivity contribution in [2.24, 2.45) is 11.8 Å². The van der Waals surface area contributed by atoms with Crippen molar-refractivity contribution in [3.05, 3.63) is 35.4 Å². The molecule has 138 valence electrons. The topological polar surface area (TPSA) is 41.6 Å². The monoisotopic (exact) mass is 344 g/mol. The number of hydrogen-bond acceptors (Lipinski definition) is 3. The van der Waals surface area contributed by atoms with Crippen LogP contribution in [0.1, 0.15) is 50.3 Å². The van der Waals surface area contributed by atoms with E-state index in [1.54, 1.807) is 0 Å². The first kappa shape index (κ1) is 18.4. The third kappa shape index (κ3) is 4.42. The molecule has 0 unspecified atom stereocenters. The minimum atomic E-state index is -0.00648. The normalized spacial score (nSPS) is 28.6. The van der Waals surface area contributed by atoms with E-state index in [0.717, 1.165) is 13.1 Å². The summed E-state index contributed by atoms with van der Waals surface area (Å²) in [5, 5.41) is 3.47. The molecule has 0 aliphatic carbocycles. The highest BCUT2D eigenvalue weighted by molar-refractivity contribution is 5.77. The van der Waals surface area contributed by atoms with Crippen LogP contribution in [0.4, 0.5) is 0 Å². The van der Waals surface area contributed by atoms with Gasteiger partial charge in [0.1, 0.15) is 6.10 Å². The quantitative estimate of drug-likeness (QED) is 0.911. The predicted octanol–water partition coefficient (Wildman–Crippen LogP) is 3.31. The van der Waals surface area contributed by atoms with Gasteiger partial charge in [-0.3, -0.25) is 4.79 Å². The van der Waals surface area contributed by atoms with Gasteiger partial charge >= 0.3 is 0 Å². The van der Waals surface area contributed by atoms with Crippen molar-refractivity contribution >= 4 is 5.91 Å². The lowest BCUT2D eigenvalue weighted by molar-refractivity contribution is -0.145. The van der Waals surface area contributed by atoms with E-state index in [2.05, 4.69) is 38.2 Å². The van der Waals surface area contributed by atoms with Gasteiger partial charge in [-0.2, -0.15) is 0 Å². The van der Waals surface area contributed by atoms with Gasteiger partial charge in [0, 0.05) is 6.42 Å². The highest BCUT2D eigenvalue weighted by Gasteiger charge is 2.32. The minimum absolute atomic E-state index is 0.00648. The second-order valence-electron chi connectivity index (χ2n) is 7.86. The smallest absolute Gasteiger partial charge is 0.223 e. The van der Waals surface area contributed by atoms with Gasteiger partial charge < -0.3 is 15.0 Å². The molecule has 2 aliphatic heterocycles. The Labute approximate surface area is 151 Å². The van der Waals surface area contributed by atoms with Gasteiger partial charge in [-0.25, -0.2) is 0 Å². The number of amides is 1. The van der Waals surface area contributed by atoms with Crippen LogP contribution in [0.5, 0.6) is 0 Å². The summed E-state index contributed by atoms with van der Waals surface area (Å²) < 4.78 is 6.05. The standard InChI is InChI=1S/C21H32N2O2/c1-15-7-4-5-9-19(15)20-13-23(17(3)14-25-20)21(24)11-16(2)18-8-6-10-22-12-18/h4-5,7,9,16-18,20,22H,6,8,10-14H2,1-3H3/t16-,17-,18-,20-/m0/s1. The van der Waals surface area contributed by atoms with Crippen LogP contribution in [0.25, 0.3) is 0 Å². The highest BCUT2D eigenvalue weighted by atomic mass is 16.5. The number of hydrogen-bond donors (Lipinski definition) is 1. The summed E-state index contributed by atoms with van der Waals surface area (Å²) in [6.07, 6.45) is 3.11. The van der Waals surface area contributed by atoms with Crippen molar-refractivity contribution in [3.63, 3.8) is 0 Å². The molecule has 1 aromatic rings. The number of nitrogens with one attached hydrogen (secondary N) is 1. The molecule has 2 fully saturated rings. The molecule has 0 aromatic heterocycles. The van der Waals surface area contributed by atoms with E-state index < -0.39 is 0 Å². The Bertz CT molecular complexity index is 583. The first-order chi connectivity index (χ1) is 12.1. The highest BCUT2D eigenvalue weighted by Crippen LogP contribution is 2.29. The number of piperidine rings is 1. The van der Waals surface area contributed by atoms with Gasteiger partial charge in [0.05, 0.1) is 19.2 Å². The predicted molar refractivity (Wildman–Crippen MR) is 100 cm³/mol. The number of carbonyl (C=O) groups is 1. The van der Waals surface area contributed by atoms with E-state index in [1.807, 2.05) is 17.0 Å². The molecule has 0 radical (unpaired) electrons. The van der Waals surface area contributed by atoms with Crippen molar-refractivity contribution in [2.75, 3.05) is 26.2 Å². The number of benzene rings is 1. The molecule has 2 heterocycles. The zero-order valence-electron chi connectivity index (χ0n) is 15.8. The SMILES string of the molecule is Cc1ccccc1[C@@H]1CN(C(=O)C[C@H](C)[C@H]2CCCNC2)[C@@H](C)CO1. The molecule has 2 saturated heterocycles. The summed E-state index contributed by atoms with van der Waals surface area (Å²) in [5.41, 5.74) is 2.44. The summed E-state index contributed by atoms with van der Waals surface area (Å²) in [7, 11) is 0. The maximum Gasteiger partial charge on any atom is 0.223 e. The molecular weight excluding hydrogens is 312 g/mol. The molecule has 4 nitrogen and oxygen atoms in total. The molecule has 2 aliphatic rings. The number of morpholine rings is 1.